The highest BCUT2D eigenvalue weighted by Gasteiger charge is 2.39. The predicted octanol–water partition coefficient (Wildman–Crippen LogP) is 4.06. The molecule has 4 aliphatic heterocycles. The number of hydrogen-bond acceptors (Lipinski definition) is 18. The Labute approximate surface area is 455 Å². The number of imide groups is 1. The zero-order valence-corrected chi connectivity index (χ0v) is 44.2. The smallest absolute Gasteiger partial charge is 0.319 e. The Morgan fingerprint density at radius 2 is 1.47 bits per heavy atom. The van der Waals surface area contributed by atoms with Gasteiger partial charge >= 0.3 is 6.01 Å². The van der Waals surface area contributed by atoms with Crippen LogP contribution in [0.4, 0.5) is 10.2 Å². The molecule has 4 aliphatic rings. The number of nitrogens with one attached hydrogen (secondary N) is 1. The largest absolute Gasteiger partial charge is 0.508 e. The highest BCUT2D eigenvalue weighted by atomic mass is 35.5. The Balaban J connectivity index is 0.645. The van der Waals surface area contributed by atoms with Gasteiger partial charge in [-0.2, -0.15) is 9.97 Å². The fourth-order valence-corrected chi connectivity index (χ4v) is 10.5. The number of phenolic OH excluding ortho intramolecular Hbond substituents is 1. The highest BCUT2D eigenvalue weighted by Crippen LogP contribution is 2.43. The number of hydrogen-bond donors (Lipinski definition) is 4. The van der Waals surface area contributed by atoms with E-state index in [9.17, 15) is 34.5 Å². The molecule has 1 unspecified atom stereocenters. The van der Waals surface area contributed by atoms with Gasteiger partial charge in [-0.05, 0) is 84.5 Å². The zero-order valence-electron chi connectivity index (χ0n) is 43.4. The Morgan fingerprint density at radius 1 is 0.795 bits per heavy atom. The highest BCUT2D eigenvalue weighted by molar-refractivity contribution is 6.35. The van der Waals surface area contributed by atoms with E-state index in [0.29, 0.717) is 118 Å². The van der Waals surface area contributed by atoms with Crippen molar-refractivity contribution < 1.29 is 72.0 Å². The second kappa shape index (κ2) is 26.5. The van der Waals surface area contributed by atoms with E-state index in [-0.39, 0.29) is 84.9 Å². The topological polar surface area (TPSA) is 244 Å². The number of aromatic nitrogens is 2. The summed E-state index contributed by atoms with van der Waals surface area (Å²) in [5.74, 6) is -1.61. The summed E-state index contributed by atoms with van der Waals surface area (Å²) < 4.78 is 57.9. The first kappa shape index (κ1) is 56.4. The van der Waals surface area contributed by atoms with Gasteiger partial charge in [0.1, 0.15) is 41.6 Å². The summed E-state index contributed by atoms with van der Waals surface area (Å²) in [6, 6.07) is 16.5. The van der Waals surface area contributed by atoms with Gasteiger partial charge in [0.2, 0.25) is 18.1 Å². The molecule has 4 amide bonds. The molecule has 0 radical (unpaired) electrons. The van der Waals surface area contributed by atoms with Crippen LogP contribution in [-0.2, 0) is 44.6 Å². The van der Waals surface area contributed by atoms with E-state index in [1.807, 2.05) is 36.1 Å². The number of nitrogens with zero attached hydrogens (tertiary/aromatic N) is 6. The fourth-order valence-electron chi connectivity index (χ4n) is 10.2. The molecule has 4 aromatic carbocycles. The quantitative estimate of drug-likeness (QED) is 0.0366. The number of rotatable bonds is 25. The van der Waals surface area contributed by atoms with E-state index in [0.717, 1.165) is 31.5 Å². The summed E-state index contributed by atoms with van der Waals surface area (Å²) >= 11 is 6.89. The van der Waals surface area contributed by atoms with E-state index >= 15 is 4.39 Å². The minimum atomic E-state index is -2.12. The van der Waals surface area contributed by atoms with Gasteiger partial charge in [-0.3, -0.25) is 29.4 Å². The molecule has 0 spiro atoms. The molecule has 0 aliphatic carbocycles. The van der Waals surface area contributed by atoms with Crippen molar-refractivity contribution in [3.05, 3.63) is 82.6 Å². The van der Waals surface area contributed by atoms with Crippen molar-refractivity contribution in [3.63, 3.8) is 0 Å². The molecule has 78 heavy (non-hydrogen) atoms. The number of aliphatic hydroxyl groups is 2. The molecule has 9 rings (SSSR count). The molecule has 2 atom stereocenters. The molecule has 5 heterocycles. The van der Waals surface area contributed by atoms with Gasteiger partial charge in [0.15, 0.2) is 5.82 Å². The van der Waals surface area contributed by atoms with Crippen LogP contribution < -0.4 is 19.7 Å². The lowest BCUT2D eigenvalue weighted by Crippen LogP contribution is -2.52. The van der Waals surface area contributed by atoms with Gasteiger partial charge in [-0.25, -0.2) is 4.39 Å². The summed E-state index contributed by atoms with van der Waals surface area (Å²) in [5.41, 5.74) is 1.73. The number of piperidine rings is 2. The van der Waals surface area contributed by atoms with Crippen molar-refractivity contribution in [3.8, 4) is 28.6 Å². The lowest BCUT2D eigenvalue weighted by atomic mass is 9.96. The van der Waals surface area contributed by atoms with Crippen molar-refractivity contribution >= 4 is 62.7 Å². The van der Waals surface area contributed by atoms with E-state index in [1.165, 1.54) is 15.9 Å². The average molecular weight is 1100 g/mol. The van der Waals surface area contributed by atoms with Gasteiger partial charge in [-0.1, -0.05) is 35.9 Å². The van der Waals surface area contributed by atoms with Crippen LogP contribution in [0.15, 0.2) is 60.7 Å². The third-order valence-electron chi connectivity index (χ3n) is 14.1. The Kier molecular flexibility index (Phi) is 19.2. The number of aromatic hydroxyl groups is 1. The number of carbonyl (C=O) groups excluding carboxylic acids is 4. The van der Waals surface area contributed by atoms with Gasteiger partial charge in [-0.15, -0.1) is 0 Å². The summed E-state index contributed by atoms with van der Waals surface area (Å²) in [5, 5.41) is 33.7. The summed E-state index contributed by atoms with van der Waals surface area (Å²) in [6.45, 7) is 9.16. The number of halogens is 2. The van der Waals surface area contributed by atoms with Crippen LogP contribution in [0.1, 0.15) is 48.5 Å². The number of aliphatic hydroxyl groups excluding tert-OH is 1. The molecule has 0 bridgehead atoms. The maximum atomic E-state index is 17.1. The van der Waals surface area contributed by atoms with Crippen LogP contribution in [0, 0.1) is 5.82 Å². The van der Waals surface area contributed by atoms with Crippen molar-refractivity contribution in [2.75, 3.05) is 117 Å². The van der Waals surface area contributed by atoms with Gasteiger partial charge in [0.05, 0.1) is 70.6 Å². The molecule has 0 saturated carbocycles. The second-order valence-electron chi connectivity index (χ2n) is 19.5. The monoisotopic (exact) mass is 1100 g/mol. The zero-order chi connectivity index (χ0) is 54.7. The number of phenols is 1. The van der Waals surface area contributed by atoms with E-state index in [2.05, 4.69) is 15.2 Å². The van der Waals surface area contributed by atoms with E-state index < -0.39 is 36.1 Å². The van der Waals surface area contributed by atoms with Crippen LogP contribution in [0.5, 0.6) is 17.5 Å². The standard InChI is InChI=1S/C55H65ClFN7O14/c1-34(78-55-59-49-43(50(60-55)62-14-16-63(17-15-62)53(69)54(70)71)31-44(56)47(48(49)57)42-30-37(65)28-35-4-2-3-5-40(35)42)32-61-12-10-38(11-13-61)76-26-24-74-22-20-72-18-19-73-21-23-75-25-27-77-39-6-7-41-36(29-39)33-64(52(41)68)45-8-9-46(66)58-51(45)67/h2-7,28-31,34,38,45,54,65,70-71H,8-27,32-33H2,1H3,(H,58,66,67)/t34-,45?/m1/s1. The molecule has 5 aromatic rings. The van der Waals surface area contributed by atoms with Gasteiger partial charge in [0, 0.05) is 75.3 Å². The van der Waals surface area contributed by atoms with Gasteiger partial charge < -0.3 is 63.2 Å². The predicted molar refractivity (Wildman–Crippen MR) is 283 cm³/mol. The maximum absolute atomic E-state index is 17.1. The maximum Gasteiger partial charge on any atom is 0.319 e. The lowest BCUT2D eigenvalue weighted by Gasteiger charge is -2.36. The van der Waals surface area contributed by atoms with Crippen LogP contribution in [-0.4, -0.2) is 200 Å². The molecule has 418 valence electrons. The molecule has 3 saturated heterocycles. The first-order valence-electron chi connectivity index (χ1n) is 26.3. The van der Waals surface area contributed by atoms with E-state index in [4.69, 9.17) is 49.7 Å². The first-order valence-corrected chi connectivity index (χ1v) is 26.7. The van der Waals surface area contributed by atoms with Crippen molar-refractivity contribution in [2.45, 2.75) is 63.7 Å². The van der Waals surface area contributed by atoms with Crippen molar-refractivity contribution in [1.82, 2.24) is 30.0 Å². The van der Waals surface area contributed by atoms with Crippen LogP contribution in [0.25, 0.3) is 32.8 Å². The Morgan fingerprint density at radius 3 is 2.17 bits per heavy atom. The number of anilines is 1. The third-order valence-corrected chi connectivity index (χ3v) is 14.4. The summed E-state index contributed by atoms with van der Waals surface area (Å²) in [7, 11) is 0. The molecule has 1 aromatic heterocycles. The number of piperazine rings is 1. The number of likely N-dealkylation sites (tertiary alicyclic amines) is 1. The van der Waals surface area contributed by atoms with Crippen molar-refractivity contribution in [2.24, 2.45) is 0 Å². The van der Waals surface area contributed by atoms with Gasteiger partial charge in [0.25, 0.3) is 11.8 Å². The fraction of sp³-hybridized carbons (Fsp3) is 0.491. The summed E-state index contributed by atoms with van der Waals surface area (Å²) in [6.07, 6.45) is -0.278. The van der Waals surface area contributed by atoms with Crippen LogP contribution in [0.2, 0.25) is 5.02 Å². The lowest BCUT2D eigenvalue weighted by molar-refractivity contribution is -0.159. The molecule has 4 N–H and O–H groups in total. The molecule has 3 fully saturated rings. The molecule has 23 heteroatoms. The molecular formula is C55H65ClFN7O14. The number of amides is 4. The molecule has 21 nitrogen and oxygen atoms in total. The van der Waals surface area contributed by atoms with E-state index in [1.54, 1.807) is 30.3 Å². The number of fused-ring (bicyclic) bond motifs is 3. The van der Waals surface area contributed by atoms with Crippen LogP contribution in [0.3, 0.4) is 0 Å². The first-order chi connectivity index (χ1) is 37.8. The minimum absolute atomic E-state index is 0.0299. The summed E-state index contributed by atoms with van der Waals surface area (Å²) in [4.78, 5) is 65.5. The Hall–Kier alpha value is -6.34. The SMILES string of the molecule is C[C@H](CN1CCC(OCCOCCOCCOCCOCCOc2ccc3c(c2)CN(C2CCC(=O)NC2=O)C3=O)CC1)Oc1nc(N2CCN(C(=O)C(O)O)CC2)c2cc(Cl)c(-c3cc(O)cc4ccccc34)c(F)c2n1. The Bertz CT molecular complexity index is 2940. The van der Waals surface area contributed by atoms with Crippen LogP contribution >= 0.6 is 11.6 Å². The number of carbonyl (C=O) groups is 4. The van der Waals surface area contributed by atoms with Crippen molar-refractivity contribution in [1.29, 1.82) is 0 Å². The second-order valence-corrected chi connectivity index (χ2v) is 19.9. The average Bonchev–Trinajstić information content (AvgIpc) is 3.93. The number of benzene rings is 4. The number of ether oxygens (including phenoxy) is 7. The molecular weight excluding hydrogens is 1040 g/mol. The normalized spacial score (nSPS) is 17.8. The minimum Gasteiger partial charge on any atom is -0.508 e. The third kappa shape index (κ3) is 13.9.